The van der Waals surface area contributed by atoms with Crippen molar-refractivity contribution in [3.8, 4) is 0 Å². The first-order valence-corrected chi connectivity index (χ1v) is 9.76. The van der Waals surface area contributed by atoms with Crippen LogP contribution in [0.15, 0.2) is 41.3 Å². The predicted molar refractivity (Wildman–Crippen MR) is 99.3 cm³/mol. The van der Waals surface area contributed by atoms with Gasteiger partial charge in [0, 0.05) is 11.9 Å². The van der Waals surface area contributed by atoms with E-state index in [1.807, 2.05) is 37.2 Å². The monoisotopic (exact) mass is 361 g/mol. The van der Waals surface area contributed by atoms with Crippen LogP contribution in [0.1, 0.15) is 13.3 Å². The van der Waals surface area contributed by atoms with Crippen LogP contribution in [0.3, 0.4) is 0 Å². The van der Waals surface area contributed by atoms with Crippen LogP contribution in [-0.4, -0.2) is 52.5 Å². The zero-order valence-electron chi connectivity index (χ0n) is 14.7. The number of hydrogen-bond acceptors (Lipinski definition) is 4. The van der Waals surface area contributed by atoms with Gasteiger partial charge in [0.15, 0.2) is 0 Å². The highest BCUT2D eigenvalue weighted by molar-refractivity contribution is 7.93. The summed E-state index contributed by atoms with van der Waals surface area (Å²) in [5.74, 6) is -0.285. The molecule has 0 radical (unpaired) electrons. The van der Waals surface area contributed by atoms with E-state index in [9.17, 15) is 13.2 Å². The number of rotatable bonds is 6. The number of nitrogens with one attached hydrogen (secondary N) is 1. The number of sulfonamides is 1. The van der Waals surface area contributed by atoms with Crippen LogP contribution >= 0.6 is 0 Å². The molecule has 6 nitrogen and oxygen atoms in total. The summed E-state index contributed by atoms with van der Waals surface area (Å²) in [7, 11) is 0.220. The molecule has 1 atom stereocenters. The summed E-state index contributed by atoms with van der Waals surface area (Å²) in [6.45, 7) is 3.01. The van der Waals surface area contributed by atoms with E-state index in [0.29, 0.717) is 17.6 Å². The molecule has 0 unspecified atom stereocenters. The molecule has 1 N–H and O–H groups in total. The van der Waals surface area contributed by atoms with Gasteiger partial charge in [-0.25, -0.2) is 8.42 Å². The maximum absolute atomic E-state index is 13.0. The van der Waals surface area contributed by atoms with Crippen LogP contribution < -0.4 is 9.62 Å². The molecule has 0 saturated heterocycles. The Morgan fingerprint density at radius 2 is 1.88 bits per heavy atom. The Bertz CT molecular complexity index is 904. The van der Waals surface area contributed by atoms with Gasteiger partial charge in [-0.1, -0.05) is 24.3 Å². The number of carbonyl (C=O) groups excluding carboxylic acids is 1. The van der Waals surface area contributed by atoms with Crippen LogP contribution in [0.2, 0.25) is 0 Å². The predicted octanol–water partition coefficient (Wildman–Crippen LogP) is 1.80. The largest absolute Gasteiger partial charge is 0.354 e. The molecule has 25 heavy (non-hydrogen) atoms. The van der Waals surface area contributed by atoms with Crippen molar-refractivity contribution in [2.45, 2.75) is 24.3 Å². The minimum absolute atomic E-state index is 0.271. The van der Waals surface area contributed by atoms with E-state index in [0.717, 1.165) is 18.4 Å². The van der Waals surface area contributed by atoms with Crippen molar-refractivity contribution < 1.29 is 13.2 Å². The minimum Gasteiger partial charge on any atom is -0.354 e. The summed E-state index contributed by atoms with van der Waals surface area (Å²) < 4.78 is 27.2. The van der Waals surface area contributed by atoms with Gasteiger partial charge >= 0.3 is 0 Å². The van der Waals surface area contributed by atoms with Crippen molar-refractivity contribution in [2.24, 2.45) is 0 Å². The third-order valence-electron chi connectivity index (χ3n) is 4.43. The van der Waals surface area contributed by atoms with E-state index < -0.39 is 16.1 Å². The van der Waals surface area contributed by atoms with Crippen molar-refractivity contribution >= 4 is 32.4 Å². The van der Waals surface area contributed by atoms with E-state index in [-0.39, 0.29) is 10.8 Å². The lowest BCUT2D eigenvalue weighted by Crippen LogP contribution is -2.47. The molecular formula is C18H23N3O3S. The van der Waals surface area contributed by atoms with Gasteiger partial charge in [-0.2, -0.15) is 0 Å². The standard InChI is InChI=1S/C18H23N3O3S/c1-13(18(22)19-11-6-12-20(2)3)21-15-9-4-7-14-8-5-10-16(17(14)15)25(21,23)24/h4-5,7-10,13H,6,11-12H2,1-3H3,(H,19,22)/t13-/m0/s1. The van der Waals surface area contributed by atoms with Crippen LogP contribution in [-0.2, 0) is 14.8 Å². The molecule has 2 aromatic carbocycles. The lowest BCUT2D eigenvalue weighted by molar-refractivity contribution is -0.121. The maximum Gasteiger partial charge on any atom is 0.265 e. The highest BCUT2D eigenvalue weighted by Gasteiger charge is 2.40. The molecule has 0 saturated carbocycles. The van der Waals surface area contributed by atoms with Crippen LogP contribution in [0.25, 0.3) is 10.8 Å². The summed E-state index contributed by atoms with van der Waals surface area (Å²) in [4.78, 5) is 14.8. The summed E-state index contributed by atoms with van der Waals surface area (Å²) >= 11 is 0. The first-order chi connectivity index (χ1) is 11.8. The van der Waals surface area contributed by atoms with Crippen molar-refractivity contribution in [1.29, 1.82) is 0 Å². The first kappa shape index (κ1) is 17.7. The lowest BCUT2D eigenvalue weighted by Gasteiger charge is -2.25. The fourth-order valence-corrected chi connectivity index (χ4v) is 5.07. The van der Waals surface area contributed by atoms with Gasteiger partial charge in [-0.05, 0) is 51.5 Å². The summed E-state index contributed by atoms with van der Waals surface area (Å²) in [6.07, 6.45) is 0.814. The van der Waals surface area contributed by atoms with Gasteiger partial charge in [0.2, 0.25) is 5.91 Å². The SMILES string of the molecule is C[C@@H](C(=O)NCCCN(C)C)N1c2cccc3cccc(c23)S1(=O)=O. The molecule has 3 rings (SSSR count). The quantitative estimate of drug-likeness (QED) is 0.797. The van der Waals surface area contributed by atoms with Crippen LogP contribution in [0, 0.1) is 0 Å². The fraction of sp³-hybridized carbons (Fsp3) is 0.389. The van der Waals surface area contributed by atoms with Crippen molar-refractivity contribution in [3.05, 3.63) is 36.4 Å². The lowest BCUT2D eigenvalue weighted by atomic mass is 10.1. The Labute approximate surface area is 148 Å². The third kappa shape index (κ3) is 3.09. The fourth-order valence-electron chi connectivity index (χ4n) is 3.20. The average molecular weight is 361 g/mol. The Hall–Kier alpha value is -2.12. The highest BCUT2D eigenvalue weighted by atomic mass is 32.2. The number of benzene rings is 2. The minimum atomic E-state index is -3.72. The third-order valence-corrected chi connectivity index (χ3v) is 6.36. The van der Waals surface area contributed by atoms with E-state index in [2.05, 4.69) is 5.32 Å². The molecule has 1 aliphatic heterocycles. The van der Waals surface area contributed by atoms with E-state index in [4.69, 9.17) is 0 Å². The molecule has 134 valence electrons. The normalized spacial score (nSPS) is 16.4. The molecule has 1 amide bonds. The van der Waals surface area contributed by atoms with Crippen LogP contribution in [0.5, 0.6) is 0 Å². The Morgan fingerprint density at radius 1 is 1.20 bits per heavy atom. The van der Waals surface area contributed by atoms with E-state index >= 15 is 0 Å². The number of amides is 1. The number of nitrogens with zero attached hydrogens (tertiary/aromatic N) is 2. The highest BCUT2D eigenvalue weighted by Crippen LogP contribution is 2.43. The van der Waals surface area contributed by atoms with Crippen molar-refractivity contribution in [3.63, 3.8) is 0 Å². The topological polar surface area (TPSA) is 69.7 Å². The summed E-state index contributed by atoms with van der Waals surface area (Å²) in [5, 5.41) is 4.39. The first-order valence-electron chi connectivity index (χ1n) is 8.32. The molecular weight excluding hydrogens is 338 g/mol. The van der Waals surface area contributed by atoms with Gasteiger partial charge in [-0.15, -0.1) is 0 Å². The molecule has 1 heterocycles. The van der Waals surface area contributed by atoms with Gasteiger partial charge < -0.3 is 10.2 Å². The smallest absolute Gasteiger partial charge is 0.265 e. The molecule has 0 aromatic heterocycles. The van der Waals surface area contributed by atoms with Crippen molar-refractivity contribution in [2.75, 3.05) is 31.5 Å². The summed E-state index contributed by atoms with van der Waals surface area (Å²) in [5.41, 5.74) is 0.573. The number of carbonyl (C=O) groups is 1. The van der Waals surface area contributed by atoms with Gasteiger partial charge in [-0.3, -0.25) is 9.10 Å². The van der Waals surface area contributed by atoms with E-state index in [1.54, 1.807) is 25.1 Å². The average Bonchev–Trinajstić information content (AvgIpc) is 2.80. The second-order valence-electron chi connectivity index (χ2n) is 6.56. The molecule has 7 heteroatoms. The number of hydrogen-bond donors (Lipinski definition) is 1. The van der Waals surface area contributed by atoms with Gasteiger partial charge in [0.05, 0.1) is 10.6 Å². The number of anilines is 1. The molecule has 0 fully saturated rings. The second-order valence-corrected chi connectivity index (χ2v) is 8.34. The molecule has 0 spiro atoms. The molecule has 2 aromatic rings. The van der Waals surface area contributed by atoms with Gasteiger partial charge in [0.1, 0.15) is 6.04 Å². The maximum atomic E-state index is 13.0. The summed E-state index contributed by atoms with van der Waals surface area (Å²) in [6, 6.07) is 9.86. The molecule has 1 aliphatic rings. The van der Waals surface area contributed by atoms with Crippen molar-refractivity contribution in [1.82, 2.24) is 10.2 Å². The molecule has 0 bridgehead atoms. The Morgan fingerprint density at radius 3 is 2.56 bits per heavy atom. The second kappa shape index (κ2) is 6.65. The zero-order chi connectivity index (χ0) is 18.2. The Kier molecular flexibility index (Phi) is 4.71. The Balaban J connectivity index is 1.86. The van der Waals surface area contributed by atoms with Gasteiger partial charge in [0.25, 0.3) is 10.0 Å². The van der Waals surface area contributed by atoms with Crippen LogP contribution in [0.4, 0.5) is 5.69 Å². The molecule has 0 aliphatic carbocycles. The van der Waals surface area contributed by atoms with E-state index in [1.165, 1.54) is 4.31 Å². The zero-order valence-corrected chi connectivity index (χ0v) is 15.5.